The highest BCUT2D eigenvalue weighted by atomic mass is 16.2. The predicted molar refractivity (Wildman–Crippen MR) is 76.2 cm³/mol. The predicted octanol–water partition coefficient (Wildman–Crippen LogP) is -0.313. The molecule has 2 rings (SSSR count). The zero-order valence-corrected chi connectivity index (χ0v) is 11.8. The van der Waals surface area contributed by atoms with Crippen LogP contribution in [0.25, 0.3) is 0 Å². The summed E-state index contributed by atoms with van der Waals surface area (Å²) in [7, 11) is 4.67. The van der Waals surface area contributed by atoms with Crippen molar-refractivity contribution >= 4 is 23.4 Å². The molecule has 20 heavy (non-hydrogen) atoms. The number of amides is 2. The first kappa shape index (κ1) is 14.0. The van der Waals surface area contributed by atoms with Crippen molar-refractivity contribution in [2.75, 3.05) is 34.2 Å². The van der Waals surface area contributed by atoms with E-state index in [9.17, 15) is 9.59 Å². The fraction of sp³-hybridized carbons (Fsp3) is 0.385. The number of hydrogen-bond acceptors (Lipinski definition) is 5. The minimum Gasteiger partial charge on any atom is -0.341 e. The average Bonchev–Trinajstić information content (AvgIpc) is 2.46. The Hall–Kier alpha value is -2.44. The van der Waals surface area contributed by atoms with Gasteiger partial charge in [-0.1, -0.05) is 0 Å². The largest absolute Gasteiger partial charge is 0.341 e. The van der Waals surface area contributed by atoms with Gasteiger partial charge in [-0.3, -0.25) is 14.6 Å². The summed E-state index contributed by atoms with van der Waals surface area (Å²) in [6, 6.07) is 0. The monoisotopic (exact) mass is 275 g/mol. The van der Waals surface area contributed by atoms with Crippen molar-refractivity contribution in [2.45, 2.75) is 0 Å². The van der Waals surface area contributed by atoms with Crippen molar-refractivity contribution in [3.05, 3.63) is 24.7 Å². The fourth-order valence-electron chi connectivity index (χ4n) is 1.84. The second kappa shape index (κ2) is 5.68. The van der Waals surface area contributed by atoms with Gasteiger partial charge in [0.2, 0.25) is 0 Å². The molecule has 0 bridgehead atoms. The molecule has 0 unspecified atom stereocenters. The highest BCUT2D eigenvalue weighted by Crippen LogP contribution is 2.09. The summed E-state index contributed by atoms with van der Waals surface area (Å²) in [5.74, 6) is -0.403. The van der Waals surface area contributed by atoms with E-state index in [0.717, 1.165) is 6.54 Å². The summed E-state index contributed by atoms with van der Waals surface area (Å²) in [6.07, 6.45) is 7.15. The second-order valence-electron chi connectivity index (χ2n) is 4.72. The van der Waals surface area contributed by atoms with E-state index in [1.807, 2.05) is 17.2 Å². The fourth-order valence-corrected chi connectivity index (χ4v) is 1.84. The third-order valence-electron chi connectivity index (χ3n) is 2.93. The van der Waals surface area contributed by atoms with Crippen molar-refractivity contribution < 1.29 is 9.59 Å². The number of nitrogens with zero attached hydrogens (tertiary/aromatic N) is 5. The van der Waals surface area contributed by atoms with Crippen LogP contribution >= 0.6 is 0 Å². The SMILES string of the molecule is CN(C)C(=O)C(=O)N(C)CC1=NC=CN2CC=CN=C12. The number of aliphatic imine (C=N–C) groups is 2. The zero-order valence-electron chi connectivity index (χ0n) is 11.8. The molecule has 0 radical (unpaired) electrons. The maximum Gasteiger partial charge on any atom is 0.312 e. The van der Waals surface area contributed by atoms with Gasteiger partial charge >= 0.3 is 11.8 Å². The van der Waals surface area contributed by atoms with E-state index < -0.39 is 11.8 Å². The lowest BCUT2D eigenvalue weighted by molar-refractivity contribution is -0.149. The third kappa shape index (κ3) is 2.76. The third-order valence-corrected chi connectivity index (χ3v) is 2.93. The van der Waals surface area contributed by atoms with Crippen molar-refractivity contribution in [3.8, 4) is 0 Å². The van der Waals surface area contributed by atoms with Gasteiger partial charge in [0, 0.05) is 46.3 Å². The molecule has 2 amide bonds. The van der Waals surface area contributed by atoms with E-state index in [0.29, 0.717) is 11.5 Å². The minimum atomic E-state index is -0.564. The molecule has 0 saturated heterocycles. The summed E-state index contributed by atoms with van der Waals surface area (Å²) in [5, 5.41) is 0. The van der Waals surface area contributed by atoms with Crippen LogP contribution in [0.15, 0.2) is 34.7 Å². The van der Waals surface area contributed by atoms with Crippen LogP contribution < -0.4 is 0 Å². The molecule has 0 aromatic heterocycles. The summed E-state index contributed by atoms with van der Waals surface area (Å²) < 4.78 is 0. The molecule has 0 aliphatic carbocycles. The van der Waals surface area contributed by atoms with Gasteiger partial charge in [-0.15, -0.1) is 0 Å². The van der Waals surface area contributed by atoms with Crippen LogP contribution in [-0.2, 0) is 9.59 Å². The summed E-state index contributed by atoms with van der Waals surface area (Å²) in [5.41, 5.74) is 0.666. The molecule has 0 fully saturated rings. The summed E-state index contributed by atoms with van der Waals surface area (Å²) >= 11 is 0. The molecule has 2 aliphatic rings. The molecule has 2 aliphatic heterocycles. The first-order valence-electron chi connectivity index (χ1n) is 6.20. The first-order valence-corrected chi connectivity index (χ1v) is 6.20. The van der Waals surface area contributed by atoms with Gasteiger partial charge in [0.05, 0.1) is 6.54 Å². The van der Waals surface area contributed by atoms with E-state index in [2.05, 4.69) is 9.98 Å². The van der Waals surface area contributed by atoms with Crippen LogP contribution in [0.5, 0.6) is 0 Å². The van der Waals surface area contributed by atoms with Gasteiger partial charge in [0.15, 0.2) is 5.84 Å². The Morgan fingerprint density at radius 1 is 1.20 bits per heavy atom. The molecule has 0 aromatic rings. The Balaban J connectivity index is 2.09. The molecule has 0 atom stereocenters. The molecule has 0 N–H and O–H groups in total. The lowest BCUT2D eigenvalue weighted by atomic mass is 10.2. The Bertz CT molecular complexity index is 545. The molecule has 0 aromatic carbocycles. The van der Waals surface area contributed by atoms with Gasteiger partial charge in [-0.2, -0.15) is 0 Å². The molecular formula is C13H17N5O2. The van der Waals surface area contributed by atoms with Crippen LogP contribution in [0.2, 0.25) is 0 Å². The van der Waals surface area contributed by atoms with Gasteiger partial charge in [-0.25, -0.2) is 4.99 Å². The van der Waals surface area contributed by atoms with Crippen molar-refractivity contribution in [1.29, 1.82) is 0 Å². The van der Waals surface area contributed by atoms with Crippen LogP contribution in [0.1, 0.15) is 0 Å². The molecule has 2 heterocycles. The number of carbonyl (C=O) groups excluding carboxylic acids is 2. The van der Waals surface area contributed by atoms with Gasteiger partial charge in [-0.05, 0) is 6.08 Å². The van der Waals surface area contributed by atoms with E-state index in [1.54, 1.807) is 33.5 Å². The van der Waals surface area contributed by atoms with Gasteiger partial charge < -0.3 is 14.7 Å². The first-order chi connectivity index (χ1) is 9.50. The maximum absolute atomic E-state index is 11.9. The molecule has 0 saturated carbocycles. The van der Waals surface area contributed by atoms with Gasteiger partial charge in [0.1, 0.15) is 5.71 Å². The smallest absolute Gasteiger partial charge is 0.312 e. The number of hydrogen-bond donors (Lipinski definition) is 0. The maximum atomic E-state index is 11.9. The Kier molecular flexibility index (Phi) is 3.97. The van der Waals surface area contributed by atoms with Crippen LogP contribution in [0, 0.1) is 0 Å². The minimum absolute atomic E-state index is 0.242. The van der Waals surface area contributed by atoms with Crippen molar-refractivity contribution in [3.63, 3.8) is 0 Å². The standard InChI is InChI=1S/C13H17N5O2/c1-16(2)12(19)13(20)17(3)9-10-11-15-5-4-7-18(11)8-6-14-10/h4-6,8H,7,9H2,1-3H3. The Morgan fingerprint density at radius 2 is 1.95 bits per heavy atom. The van der Waals surface area contributed by atoms with E-state index in [-0.39, 0.29) is 6.54 Å². The molecular weight excluding hydrogens is 258 g/mol. The highest BCUT2D eigenvalue weighted by Gasteiger charge is 2.25. The molecule has 0 spiro atoms. The van der Waals surface area contributed by atoms with Crippen LogP contribution in [0.4, 0.5) is 0 Å². The topological polar surface area (TPSA) is 68.6 Å². The van der Waals surface area contributed by atoms with E-state index >= 15 is 0 Å². The van der Waals surface area contributed by atoms with E-state index in [4.69, 9.17) is 0 Å². The van der Waals surface area contributed by atoms with E-state index in [1.165, 1.54) is 9.80 Å². The summed E-state index contributed by atoms with van der Waals surface area (Å²) in [6.45, 7) is 0.967. The Labute approximate surface area is 117 Å². The average molecular weight is 275 g/mol. The molecule has 7 nitrogen and oxygen atoms in total. The number of carbonyl (C=O) groups is 2. The van der Waals surface area contributed by atoms with Crippen molar-refractivity contribution in [2.24, 2.45) is 9.98 Å². The van der Waals surface area contributed by atoms with Crippen LogP contribution in [0.3, 0.4) is 0 Å². The number of likely N-dealkylation sites (N-methyl/N-ethyl adjacent to an activating group) is 2. The summed E-state index contributed by atoms with van der Waals surface area (Å²) in [4.78, 5) is 36.6. The lowest BCUT2D eigenvalue weighted by Crippen LogP contribution is -2.46. The zero-order chi connectivity index (χ0) is 14.7. The quantitative estimate of drug-likeness (QED) is 0.649. The normalized spacial score (nSPS) is 16.2. The highest BCUT2D eigenvalue weighted by molar-refractivity contribution is 6.44. The number of amidine groups is 1. The van der Waals surface area contributed by atoms with Crippen LogP contribution in [-0.4, -0.2) is 72.3 Å². The number of fused-ring (bicyclic) bond motifs is 1. The molecule has 106 valence electrons. The number of rotatable bonds is 2. The lowest BCUT2D eigenvalue weighted by Gasteiger charge is -2.28. The molecule has 7 heteroatoms. The second-order valence-corrected chi connectivity index (χ2v) is 4.72. The Morgan fingerprint density at radius 3 is 2.65 bits per heavy atom. The van der Waals surface area contributed by atoms with Crippen molar-refractivity contribution in [1.82, 2.24) is 14.7 Å². The van der Waals surface area contributed by atoms with Gasteiger partial charge in [0.25, 0.3) is 0 Å².